The molecule has 1 aliphatic rings. The lowest BCUT2D eigenvalue weighted by Crippen LogP contribution is -2.31. The van der Waals surface area contributed by atoms with Gasteiger partial charge in [0.05, 0.1) is 11.7 Å². The maximum absolute atomic E-state index is 11.9. The average molecular weight is 246 g/mol. The zero-order chi connectivity index (χ0) is 12.8. The van der Waals surface area contributed by atoms with Crippen molar-refractivity contribution < 1.29 is 14.6 Å². The summed E-state index contributed by atoms with van der Waals surface area (Å²) in [6, 6.07) is 8.89. The van der Waals surface area contributed by atoms with Crippen LogP contribution in [0.25, 0.3) is 0 Å². The Morgan fingerprint density at radius 1 is 1.11 bits per heavy atom. The van der Waals surface area contributed by atoms with Crippen molar-refractivity contribution in [3.8, 4) is 0 Å². The number of allylic oxidation sites excluding steroid dienone is 2. The number of hydrogen-bond donors (Lipinski definition) is 1. The third-order valence-corrected chi connectivity index (χ3v) is 3.11. The minimum atomic E-state index is -0.567. The predicted octanol–water partition coefficient (Wildman–Crippen LogP) is 2.70. The van der Waals surface area contributed by atoms with Crippen molar-refractivity contribution in [1.29, 1.82) is 0 Å². The van der Waals surface area contributed by atoms with Gasteiger partial charge in [0.25, 0.3) is 0 Å². The Labute approximate surface area is 107 Å². The smallest absolute Gasteiger partial charge is 0.338 e. The Bertz CT molecular complexity index is 411. The van der Waals surface area contributed by atoms with E-state index in [2.05, 4.69) is 12.2 Å². The summed E-state index contributed by atoms with van der Waals surface area (Å²) in [5.41, 5.74) is 0.530. The van der Waals surface area contributed by atoms with Crippen LogP contribution in [-0.2, 0) is 4.74 Å². The van der Waals surface area contributed by atoms with Crippen molar-refractivity contribution in [1.82, 2.24) is 0 Å². The minimum Gasteiger partial charge on any atom is -0.456 e. The van der Waals surface area contributed by atoms with E-state index in [0.717, 1.165) is 12.8 Å². The number of aliphatic hydroxyl groups is 1. The van der Waals surface area contributed by atoms with Crippen LogP contribution in [0.15, 0.2) is 42.5 Å². The summed E-state index contributed by atoms with van der Waals surface area (Å²) in [6.07, 6.45) is 6.17. The maximum atomic E-state index is 11.9. The monoisotopic (exact) mass is 246 g/mol. The molecular weight excluding hydrogens is 228 g/mol. The molecule has 3 heteroatoms. The number of ether oxygens (including phenoxy) is 1. The van der Waals surface area contributed by atoms with Crippen molar-refractivity contribution in [2.75, 3.05) is 0 Å². The SMILES string of the molecule is O=C(O[C@H]1CC/C=C\CC[C@H]1O)c1ccccc1. The van der Waals surface area contributed by atoms with Gasteiger partial charge in [-0.05, 0) is 37.8 Å². The zero-order valence-electron chi connectivity index (χ0n) is 10.3. The van der Waals surface area contributed by atoms with E-state index in [1.807, 2.05) is 6.07 Å². The van der Waals surface area contributed by atoms with Gasteiger partial charge in [-0.2, -0.15) is 0 Å². The van der Waals surface area contributed by atoms with E-state index in [0.29, 0.717) is 18.4 Å². The molecule has 2 atom stereocenters. The zero-order valence-corrected chi connectivity index (χ0v) is 10.3. The summed E-state index contributed by atoms with van der Waals surface area (Å²) >= 11 is 0. The topological polar surface area (TPSA) is 46.5 Å². The molecule has 0 fully saturated rings. The molecule has 1 aliphatic carbocycles. The first-order chi connectivity index (χ1) is 8.77. The number of carbonyl (C=O) groups excluding carboxylic acids is 1. The molecule has 0 amide bonds. The molecule has 0 aliphatic heterocycles. The quantitative estimate of drug-likeness (QED) is 0.644. The Morgan fingerprint density at radius 3 is 2.50 bits per heavy atom. The fourth-order valence-corrected chi connectivity index (χ4v) is 2.06. The predicted molar refractivity (Wildman–Crippen MR) is 69.3 cm³/mol. The number of aliphatic hydroxyl groups excluding tert-OH is 1. The second-order valence-electron chi connectivity index (χ2n) is 4.50. The van der Waals surface area contributed by atoms with Crippen molar-refractivity contribution >= 4 is 5.97 Å². The fourth-order valence-electron chi connectivity index (χ4n) is 2.06. The van der Waals surface area contributed by atoms with E-state index in [9.17, 15) is 9.90 Å². The molecule has 0 heterocycles. The maximum Gasteiger partial charge on any atom is 0.338 e. The van der Waals surface area contributed by atoms with Crippen LogP contribution >= 0.6 is 0 Å². The largest absolute Gasteiger partial charge is 0.456 e. The van der Waals surface area contributed by atoms with Gasteiger partial charge in [-0.1, -0.05) is 30.4 Å². The van der Waals surface area contributed by atoms with Crippen molar-refractivity contribution in [2.24, 2.45) is 0 Å². The molecule has 0 spiro atoms. The number of hydrogen-bond acceptors (Lipinski definition) is 3. The molecule has 0 aromatic heterocycles. The number of esters is 1. The van der Waals surface area contributed by atoms with Gasteiger partial charge >= 0.3 is 5.97 Å². The molecule has 2 rings (SSSR count). The van der Waals surface area contributed by atoms with Gasteiger partial charge in [-0.15, -0.1) is 0 Å². The van der Waals surface area contributed by atoms with Gasteiger partial charge in [0, 0.05) is 0 Å². The first-order valence-electron chi connectivity index (χ1n) is 6.36. The molecule has 1 aromatic carbocycles. The fraction of sp³-hybridized carbons (Fsp3) is 0.400. The van der Waals surface area contributed by atoms with Gasteiger partial charge in [0.2, 0.25) is 0 Å². The molecule has 0 unspecified atom stereocenters. The third kappa shape index (κ3) is 3.44. The second-order valence-corrected chi connectivity index (χ2v) is 4.50. The van der Waals surface area contributed by atoms with Crippen LogP contribution in [0.4, 0.5) is 0 Å². The van der Waals surface area contributed by atoms with Crippen molar-refractivity contribution in [3.63, 3.8) is 0 Å². The highest BCUT2D eigenvalue weighted by Gasteiger charge is 2.23. The molecule has 1 aromatic rings. The molecule has 3 nitrogen and oxygen atoms in total. The first-order valence-corrected chi connectivity index (χ1v) is 6.36. The second kappa shape index (κ2) is 6.36. The average Bonchev–Trinajstić information content (AvgIpc) is 2.39. The highest BCUT2D eigenvalue weighted by molar-refractivity contribution is 5.89. The summed E-state index contributed by atoms with van der Waals surface area (Å²) < 4.78 is 5.40. The molecule has 96 valence electrons. The number of rotatable bonds is 2. The minimum absolute atomic E-state index is 0.357. The molecule has 0 radical (unpaired) electrons. The summed E-state index contributed by atoms with van der Waals surface area (Å²) in [5, 5.41) is 9.96. The van der Waals surface area contributed by atoms with Gasteiger partial charge < -0.3 is 9.84 Å². The Kier molecular flexibility index (Phi) is 4.53. The summed E-state index contributed by atoms with van der Waals surface area (Å²) in [6.45, 7) is 0. The lowest BCUT2D eigenvalue weighted by atomic mass is 10.0. The van der Waals surface area contributed by atoms with Gasteiger partial charge in [-0.3, -0.25) is 0 Å². The van der Waals surface area contributed by atoms with E-state index in [1.165, 1.54) is 0 Å². The van der Waals surface area contributed by atoms with Crippen LogP contribution < -0.4 is 0 Å². The number of carbonyl (C=O) groups is 1. The molecule has 0 saturated carbocycles. The van der Waals surface area contributed by atoms with E-state index in [1.54, 1.807) is 24.3 Å². The van der Waals surface area contributed by atoms with E-state index in [-0.39, 0.29) is 5.97 Å². The van der Waals surface area contributed by atoms with Crippen LogP contribution in [0.5, 0.6) is 0 Å². The van der Waals surface area contributed by atoms with Gasteiger partial charge in [0.15, 0.2) is 0 Å². The normalized spacial score (nSPS) is 25.8. The van der Waals surface area contributed by atoms with E-state index in [4.69, 9.17) is 4.74 Å². The number of benzene rings is 1. The highest BCUT2D eigenvalue weighted by Crippen LogP contribution is 2.17. The van der Waals surface area contributed by atoms with Crippen molar-refractivity contribution in [2.45, 2.75) is 37.9 Å². The molecule has 0 saturated heterocycles. The first kappa shape index (κ1) is 12.8. The van der Waals surface area contributed by atoms with E-state index >= 15 is 0 Å². The Balaban J connectivity index is 1.99. The van der Waals surface area contributed by atoms with Crippen LogP contribution in [0.2, 0.25) is 0 Å². The highest BCUT2D eigenvalue weighted by atomic mass is 16.6. The summed E-state index contributed by atoms with van der Waals surface area (Å²) in [7, 11) is 0. The van der Waals surface area contributed by atoms with Crippen molar-refractivity contribution in [3.05, 3.63) is 48.0 Å². The Hall–Kier alpha value is -1.61. The lowest BCUT2D eigenvalue weighted by molar-refractivity contribution is -0.0240. The van der Waals surface area contributed by atoms with Crippen LogP contribution in [0.1, 0.15) is 36.0 Å². The Morgan fingerprint density at radius 2 is 1.78 bits per heavy atom. The van der Waals surface area contributed by atoms with Gasteiger partial charge in [0.1, 0.15) is 6.10 Å². The van der Waals surface area contributed by atoms with E-state index < -0.39 is 12.2 Å². The molecular formula is C15H18O3. The van der Waals surface area contributed by atoms with Crippen LogP contribution in [-0.4, -0.2) is 23.3 Å². The van der Waals surface area contributed by atoms with Gasteiger partial charge in [-0.25, -0.2) is 4.79 Å². The third-order valence-electron chi connectivity index (χ3n) is 3.11. The summed E-state index contributed by atoms with van der Waals surface area (Å²) in [5.74, 6) is -0.357. The lowest BCUT2D eigenvalue weighted by Gasteiger charge is -2.23. The van der Waals surface area contributed by atoms with Crippen LogP contribution in [0, 0.1) is 0 Å². The molecule has 0 bridgehead atoms. The summed E-state index contributed by atoms with van der Waals surface area (Å²) in [4.78, 5) is 11.9. The molecule has 1 N–H and O–H groups in total. The standard InChI is InChI=1S/C15H18O3/c16-13-10-6-1-2-7-11-14(13)18-15(17)12-8-4-3-5-9-12/h1-5,8-9,13-14,16H,6-7,10-11H2/b2-1-/t13-,14+/m1/s1. The molecule has 18 heavy (non-hydrogen) atoms. The van der Waals surface area contributed by atoms with Crippen LogP contribution in [0.3, 0.4) is 0 Å².